The summed E-state index contributed by atoms with van der Waals surface area (Å²) >= 11 is 0. The predicted octanol–water partition coefficient (Wildman–Crippen LogP) is 2.20. The van der Waals surface area contributed by atoms with E-state index in [0.717, 1.165) is 11.5 Å². The van der Waals surface area contributed by atoms with E-state index in [1.54, 1.807) is 0 Å². The zero-order valence-electron chi connectivity index (χ0n) is 10.5. The van der Waals surface area contributed by atoms with Crippen molar-refractivity contribution in [3.63, 3.8) is 0 Å². The van der Waals surface area contributed by atoms with Crippen LogP contribution in [0.1, 0.15) is 29.5 Å². The van der Waals surface area contributed by atoms with Crippen LogP contribution in [0.3, 0.4) is 0 Å². The average Bonchev–Trinajstić information content (AvgIpc) is 2.81. The highest BCUT2D eigenvalue weighted by atomic mass is 16.5. The van der Waals surface area contributed by atoms with Gasteiger partial charge in [0, 0.05) is 25.3 Å². The number of aliphatic hydroxyl groups excluding tert-OH is 1. The van der Waals surface area contributed by atoms with Gasteiger partial charge in [0.15, 0.2) is 0 Å². The molecule has 0 aliphatic heterocycles. The second-order valence-corrected chi connectivity index (χ2v) is 4.29. The monoisotopic (exact) mass is 246 g/mol. The van der Waals surface area contributed by atoms with E-state index in [1.807, 2.05) is 31.2 Å². The zero-order chi connectivity index (χ0) is 12.8. The Balaban J connectivity index is 1.98. The first-order chi connectivity index (χ1) is 8.79. The summed E-state index contributed by atoms with van der Waals surface area (Å²) in [5, 5.41) is 16.5. The molecule has 0 fully saturated rings. The van der Waals surface area contributed by atoms with Gasteiger partial charge >= 0.3 is 0 Å². The molecule has 4 nitrogen and oxygen atoms in total. The molecule has 0 bridgehead atoms. The fourth-order valence-corrected chi connectivity index (χ4v) is 1.93. The molecule has 0 unspecified atom stereocenters. The minimum atomic E-state index is 0.133. The Morgan fingerprint density at radius 2 is 2.11 bits per heavy atom. The van der Waals surface area contributed by atoms with Crippen molar-refractivity contribution in [1.29, 1.82) is 0 Å². The molecule has 2 aromatic rings. The van der Waals surface area contributed by atoms with Gasteiger partial charge in [0.2, 0.25) is 0 Å². The molecule has 0 aliphatic carbocycles. The van der Waals surface area contributed by atoms with Crippen molar-refractivity contribution >= 4 is 0 Å². The van der Waals surface area contributed by atoms with Crippen molar-refractivity contribution in [3.8, 4) is 0 Å². The first-order valence-electron chi connectivity index (χ1n) is 6.11. The number of hydrogen-bond donors (Lipinski definition) is 2. The number of aliphatic hydroxyl groups is 1. The van der Waals surface area contributed by atoms with Gasteiger partial charge in [0.25, 0.3) is 0 Å². The molecule has 1 aromatic heterocycles. The third-order valence-electron chi connectivity index (χ3n) is 2.83. The highest BCUT2D eigenvalue weighted by Gasteiger charge is 2.11. The lowest BCUT2D eigenvalue weighted by atomic mass is 10.0. The lowest BCUT2D eigenvalue weighted by Gasteiger charge is -2.17. The summed E-state index contributed by atoms with van der Waals surface area (Å²) in [4.78, 5) is 0. The Morgan fingerprint density at radius 3 is 2.72 bits per heavy atom. The molecule has 2 rings (SSSR count). The SMILES string of the molecule is Cc1cc(CN[C@@H](CCO)c2ccccc2)no1. The molecule has 0 amide bonds. The van der Waals surface area contributed by atoms with Gasteiger partial charge in [0.05, 0.1) is 5.69 Å². The van der Waals surface area contributed by atoms with Crippen molar-refractivity contribution in [1.82, 2.24) is 10.5 Å². The molecule has 0 saturated carbocycles. The van der Waals surface area contributed by atoms with Crippen LogP contribution in [0.25, 0.3) is 0 Å². The summed E-state index contributed by atoms with van der Waals surface area (Å²) < 4.78 is 5.02. The molecule has 1 heterocycles. The highest BCUT2D eigenvalue weighted by molar-refractivity contribution is 5.19. The van der Waals surface area contributed by atoms with Gasteiger partial charge in [-0.15, -0.1) is 0 Å². The van der Waals surface area contributed by atoms with Crippen LogP contribution in [0.4, 0.5) is 0 Å². The highest BCUT2D eigenvalue weighted by Crippen LogP contribution is 2.16. The van der Waals surface area contributed by atoms with Crippen LogP contribution in [-0.4, -0.2) is 16.9 Å². The van der Waals surface area contributed by atoms with E-state index in [0.29, 0.717) is 13.0 Å². The Kier molecular flexibility index (Phi) is 4.50. The normalized spacial score (nSPS) is 12.6. The minimum absolute atomic E-state index is 0.133. The van der Waals surface area contributed by atoms with Crippen molar-refractivity contribution in [3.05, 3.63) is 53.4 Å². The quantitative estimate of drug-likeness (QED) is 0.820. The molecule has 1 aromatic carbocycles. The van der Waals surface area contributed by atoms with Gasteiger partial charge in [-0.25, -0.2) is 0 Å². The molecule has 96 valence electrons. The topological polar surface area (TPSA) is 58.3 Å². The van der Waals surface area contributed by atoms with Crippen LogP contribution >= 0.6 is 0 Å². The van der Waals surface area contributed by atoms with Gasteiger partial charge < -0.3 is 14.9 Å². The Bertz CT molecular complexity index is 468. The largest absolute Gasteiger partial charge is 0.396 e. The second kappa shape index (κ2) is 6.33. The van der Waals surface area contributed by atoms with Crippen LogP contribution in [0.2, 0.25) is 0 Å². The molecule has 0 spiro atoms. The van der Waals surface area contributed by atoms with Crippen molar-refractivity contribution in [2.75, 3.05) is 6.61 Å². The van der Waals surface area contributed by atoms with Crippen LogP contribution in [0.5, 0.6) is 0 Å². The summed E-state index contributed by atoms with van der Waals surface area (Å²) in [6, 6.07) is 12.1. The van der Waals surface area contributed by atoms with E-state index in [-0.39, 0.29) is 12.6 Å². The first-order valence-corrected chi connectivity index (χ1v) is 6.11. The smallest absolute Gasteiger partial charge is 0.133 e. The van der Waals surface area contributed by atoms with E-state index < -0.39 is 0 Å². The first kappa shape index (κ1) is 12.8. The maximum absolute atomic E-state index is 9.13. The fraction of sp³-hybridized carbons (Fsp3) is 0.357. The molecule has 0 radical (unpaired) electrons. The maximum atomic E-state index is 9.13. The number of aromatic nitrogens is 1. The molecule has 18 heavy (non-hydrogen) atoms. The van der Waals surface area contributed by atoms with E-state index in [4.69, 9.17) is 9.63 Å². The van der Waals surface area contributed by atoms with E-state index in [9.17, 15) is 0 Å². The summed E-state index contributed by atoms with van der Waals surface area (Å²) in [6.07, 6.45) is 0.681. The Labute approximate surface area is 107 Å². The Hall–Kier alpha value is -1.65. The standard InChI is InChI=1S/C14H18N2O2/c1-11-9-13(16-18-11)10-15-14(7-8-17)12-5-3-2-4-6-12/h2-6,9,14-15,17H,7-8,10H2,1H3/t14-/m0/s1. The number of nitrogens with one attached hydrogen (secondary N) is 1. The maximum Gasteiger partial charge on any atom is 0.133 e. The number of aryl methyl sites for hydroxylation is 1. The van der Waals surface area contributed by atoms with E-state index >= 15 is 0 Å². The number of nitrogens with zero attached hydrogens (tertiary/aromatic N) is 1. The second-order valence-electron chi connectivity index (χ2n) is 4.29. The van der Waals surface area contributed by atoms with Crippen molar-refractivity contribution in [2.45, 2.75) is 25.9 Å². The molecule has 1 atom stereocenters. The van der Waals surface area contributed by atoms with Crippen LogP contribution < -0.4 is 5.32 Å². The van der Waals surface area contributed by atoms with Crippen LogP contribution in [-0.2, 0) is 6.54 Å². The summed E-state index contributed by atoms with van der Waals surface area (Å²) in [6.45, 7) is 2.67. The van der Waals surface area contributed by atoms with Gasteiger partial charge in [0.1, 0.15) is 5.76 Å². The van der Waals surface area contributed by atoms with E-state index in [1.165, 1.54) is 5.56 Å². The van der Waals surface area contributed by atoms with Gasteiger partial charge in [-0.1, -0.05) is 35.5 Å². The van der Waals surface area contributed by atoms with Gasteiger partial charge in [-0.3, -0.25) is 0 Å². The number of hydrogen-bond acceptors (Lipinski definition) is 4. The molecule has 0 saturated heterocycles. The molecular weight excluding hydrogens is 228 g/mol. The van der Waals surface area contributed by atoms with E-state index in [2.05, 4.69) is 22.6 Å². The predicted molar refractivity (Wildman–Crippen MR) is 69.0 cm³/mol. The molecule has 2 N–H and O–H groups in total. The van der Waals surface area contributed by atoms with Crippen molar-refractivity contribution in [2.24, 2.45) is 0 Å². The Morgan fingerprint density at radius 1 is 1.33 bits per heavy atom. The summed E-state index contributed by atoms with van der Waals surface area (Å²) in [5.74, 6) is 0.810. The van der Waals surface area contributed by atoms with Crippen LogP contribution in [0, 0.1) is 6.92 Å². The summed E-state index contributed by atoms with van der Waals surface area (Å²) in [7, 11) is 0. The van der Waals surface area contributed by atoms with Gasteiger partial charge in [-0.2, -0.15) is 0 Å². The lowest BCUT2D eigenvalue weighted by molar-refractivity contribution is 0.264. The van der Waals surface area contributed by atoms with Crippen LogP contribution in [0.15, 0.2) is 40.9 Å². The molecule has 0 aliphatic rings. The number of rotatable bonds is 6. The summed E-state index contributed by atoms with van der Waals surface area (Å²) in [5.41, 5.74) is 2.05. The molecular formula is C14H18N2O2. The third-order valence-corrected chi connectivity index (χ3v) is 2.83. The van der Waals surface area contributed by atoms with Gasteiger partial charge in [-0.05, 0) is 18.9 Å². The zero-order valence-corrected chi connectivity index (χ0v) is 10.5. The average molecular weight is 246 g/mol. The third kappa shape index (κ3) is 3.42. The minimum Gasteiger partial charge on any atom is -0.396 e. The number of benzene rings is 1. The molecule has 4 heteroatoms. The lowest BCUT2D eigenvalue weighted by Crippen LogP contribution is -2.22. The van der Waals surface area contributed by atoms with Crippen molar-refractivity contribution < 1.29 is 9.63 Å². The fourth-order valence-electron chi connectivity index (χ4n) is 1.93.